The molecule has 24 heavy (non-hydrogen) atoms. The van der Waals surface area contributed by atoms with Gasteiger partial charge in [-0.1, -0.05) is 32.9 Å². The molecule has 0 unspecified atom stereocenters. The van der Waals surface area contributed by atoms with Gasteiger partial charge < -0.3 is 15.2 Å². The first-order valence-electron chi connectivity index (χ1n) is 8.13. The molecule has 2 aromatic heterocycles. The molecule has 0 amide bonds. The summed E-state index contributed by atoms with van der Waals surface area (Å²) < 4.78 is 5.28. The number of aliphatic imine (C=N–C) groups is 1. The zero-order chi connectivity index (χ0) is 17.6. The Morgan fingerprint density at radius 2 is 2.12 bits per heavy atom. The van der Waals surface area contributed by atoms with Crippen molar-refractivity contribution in [2.45, 2.75) is 52.5 Å². The van der Waals surface area contributed by atoms with Gasteiger partial charge in [-0.2, -0.15) is 4.98 Å². The fourth-order valence-corrected chi connectivity index (χ4v) is 2.79. The number of nitrogens with zero attached hydrogens (tertiary/aromatic N) is 4. The van der Waals surface area contributed by atoms with E-state index < -0.39 is 0 Å². The van der Waals surface area contributed by atoms with Gasteiger partial charge in [0.1, 0.15) is 0 Å². The number of aromatic nitrogens is 3. The number of hydrogen-bond donors (Lipinski definition) is 2. The van der Waals surface area contributed by atoms with Gasteiger partial charge in [-0.15, -0.1) is 11.3 Å². The van der Waals surface area contributed by atoms with Crippen LogP contribution in [0.5, 0.6) is 0 Å². The maximum Gasteiger partial charge on any atom is 0.232 e. The van der Waals surface area contributed by atoms with Crippen molar-refractivity contribution in [3.05, 3.63) is 27.8 Å². The summed E-state index contributed by atoms with van der Waals surface area (Å²) in [6, 6.07) is 0. The number of thiazole rings is 1. The normalized spacial score (nSPS) is 12.5. The average molecular weight is 350 g/mol. The van der Waals surface area contributed by atoms with Crippen LogP contribution < -0.4 is 10.6 Å². The lowest BCUT2D eigenvalue weighted by molar-refractivity contribution is 0.318. The molecule has 8 heteroatoms. The molecule has 0 fully saturated rings. The lowest BCUT2D eigenvalue weighted by Crippen LogP contribution is -2.38. The van der Waals surface area contributed by atoms with E-state index in [2.05, 4.69) is 37.7 Å². The van der Waals surface area contributed by atoms with Gasteiger partial charge in [-0.25, -0.2) is 4.98 Å². The molecule has 0 saturated carbocycles. The van der Waals surface area contributed by atoms with Gasteiger partial charge in [0.2, 0.25) is 5.89 Å². The Morgan fingerprint density at radius 3 is 2.71 bits per heavy atom. The highest BCUT2D eigenvalue weighted by Gasteiger charge is 2.21. The first kappa shape index (κ1) is 18.4. The minimum Gasteiger partial charge on any atom is -0.356 e. The maximum atomic E-state index is 5.28. The average Bonchev–Trinajstić information content (AvgIpc) is 3.19. The summed E-state index contributed by atoms with van der Waals surface area (Å²) in [5.74, 6) is 1.97. The molecule has 132 valence electrons. The smallest absolute Gasteiger partial charge is 0.232 e. The van der Waals surface area contributed by atoms with Crippen LogP contribution in [-0.2, 0) is 24.8 Å². The number of nitrogens with one attached hydrogen (secondary N) is 2. The second-order valence-corrected chi connectivity index (χ2v) is 7.64. The molecule has 2 N–H and O–H groups in total. The number of aryl methyl sites for hydroxylation is 1. The Kier molecular flexibility index (Phi) is 6.30. The van der Waals surface area contributed by atoms with E-state index in [0.29, 0.717) is 24.2 Å². The van der Waals surface area contributed by atoms with Crippen LogP contribution in [0.1, 0.15) is 49.3 Å². The van der Waals surface area contributed by atoms with Crippen molar-refractivity contribution < 1.29 is 4.52 Å². The van der Waals surface area contributed by atoms with Gasteiger partial charge in [-0.05, 0) is 6.42 Å². The number of hydrogen-bond acceptors (Lipinski definition) is 6. The minimum absolute atomic E-state index is 0.143. The molecule has 2 aromatic rings. The van der Waals surface area contributed by atoms with Crippen LogP contribution in [0, 0.1) is 0 Å². The Balaban J connectivity index is 1.77. The second-order valence-electron chi connectivity index (χ2n) is 6.44. The van der Waals surface area contributed by atoms with Crippen LogP contribution in [0.15, 0.2) is 15.7 Å². The zero-order valence-electron chi connectivity index (χ0n) is 15.0. The third kappa shape index (κ3) is 5.30. The van der Waals surface area contributed by atoms with E-state index in [9.17, 15) is 0 Å². The topological polar surface area (TPSA) is 88.2 Å². The summed E-state index contributed by atoms with van der Waals surface area (Å²) in [5, 5.41) is 11.6. The molecule has 0 aliphatic heterocycles. The predicted molar refractivity (Wildman–Crippen MR) is 96.4 cm³/mol. The van der Waals surface area contributed by atoms with Crippen molar-refractivity contribution in [3.8, 4) is 0 Å². The van der Waals surface area contributed by atoms with Gasteiger partial charge in [0.05, 0.1) is 11.6 Å². The molecular formula is C16H26N6OS. The fraction of sp³-hybridized carbons (Fsp3) is 0.625. The highest BCUT2D eigenvalue weighted by molar-refractivity contribution is 7.11. The quantitative estimate of drug-likeness (QED) is 0.614. The third-order valence-electron chi connectivity index (χ3n) is 3.33. The molecule has 0 radical (unpaired) electrons. The van der Waals surface area contributed by atoms with Crippen molar-refractivity contribution in [1.82, 2.24) is 25.8 Å². The van der Waals surface area contributed by atoms with Crippen molar-refractivity contribution in [2.24, 2.45) is 4.99 Å². The van der Waals surface area contributed by atoms with Crippen molar-refractivity contribution in [1.29, 1.82) is 0 Å². The molecule has 2 heterocycles. The predicted octanol–water partition coefficient (Wildman–Crippen LogP) is 2.29. The standard InChI is InChI=1S/C16H26N6OS/c1-6-11-9-19-13(24-11)7-8-18-15(17-5)20-10-12-21-14(23-22-12)16(2,3)4/h9H,6-8,10H2,1-5H3,(H2,17,18,20). The second kappa shape index (κ2) is 8.23. The highest BCUT2D eigenvalue weighted by atomic mass is 32.1. The SMILES string of the molecule is CCc1cnc(CCNC(=NC)NCc2noc(C(C)(C)C)n2)s1. The van der Waals surface area contributed by atoms with Gasteiger partial charge in [-0.3, -0.25) is 4.99 Å². The summed E-state index contributed by atoms with van der Waals surface area (Å²) in [7, 11) is 1.74. The van der Waals surface area contributed by atoms with E-state index in [1.807, 2.05) is 27.0 Å². The Bertz CT molecular complexity index is 670. The van der Waals surface area contributed by atoms with Gasteiger partial charge >= 0.3 is 0 Å². The lowest BCUT2D eigenvalue weighted by Gasteiger charge is -2.11. The van der Waals surface area contributed by atoms with Crippen LogP contribution in [0.25, 0.3) is 0 Å². The third-order valence-corrected chi connectivity index (χ3v) is 4.53. The minimum atomic E-state index is -0.143. The van der Waals surface area contributed by atoms with Gasteiger partial charge in [0, 0.05) is 36.5 Å². The van der Waals surface area contributed by atoms with Crippen LogP contribution in [-0.4, -0.2) is 34.7 Å². The monoisotopic (exact) mass is 350 g/mol. The molecular weight excluding hydrogens is 324 g/mol. The summed E-state index contributed by atoms with van der Waals surface area (Å²) in [4.78, 5) is 14.3. The molecule has 2 rings (SSSR count). The molecule has 7 nitrogen and oxygen atoms in total. The first-order chi connectivity index (χ1) is 11.4. The maximum absolute atomic E-state index is 5.28. The largest absolute Gasteiger partial charge is 0.356 e. The number of guanidine groups is 1. The molecule has 0 spiro atoms. The van der Waals surface area contributed by atoms with E-state index in [-0.39, 0.29) is 5.41 Å². The van der Waals surface area contributed by atoms with E-state index in [1.165, 1.54) is 4.88 Å². The van der Waals surface area contributed by atoms with Crippen LogP contribution >= 0.6 is 11.3 Å². The summed E-state index contributed by atoms with van der Waals surface area (Å²) in [6.45, 7) is 9.51. The van der Waals surface area contributed by atoms with E-state index in [1.54, 1.807) is 18.4 Å². The van der Waals surface area contributed by atoms with Gasteiger partial charge in [0.15, 0.2) is 11.8 Å². The van der Waals surface area contributed by atoms with Crippen molar-refractivity contribution >= 4 is 17.3 Å². The van der Waals surface area contributed by atoms with Gasteiger partial charge in [0.25, 0.3) is 0 Å². The number of rotatable bonds is 6. The van der Waals surface area contributed by atoms with Crippen molar-refractivity contribution in [3.63, 3.8) is 0 Å². The molecule has 0 aliphatic rings. The Hall–Kier alpha value is -1.96. The lowest BCUT2D eigenvalue weighted by atomic mass is 9.97. The molecule has 0 aromatic carbocycles. The Morgan fingerprint density at radius 1 is 1.33 bits per heavy atom. The fourth-order valence-electron chi connectivity index (χ4n) is 1.93. The highest BCUT2D eigenvalue weighted by Crippen LogP contribution is 2.19. The molecule has 0 aliphatic carbocycles. The van der Waals surface area contributed by atoms with Crippen LogP contribution in [0.2, 0.25) is 0 Å². The van der Waals surface area contributed by atoms with Crippen LogP contribution in [0.3, 0.4) is 0 Å². The molecule has 0 bridgehead atoms. The van der Waals surface area contributed by atoms with Crippen LogP contribution in [0.4, 0.5) is 0 Å². The zero-order valence-corrected chi connectivity index (χ0v) is 15.8. The summed E-state index contributed by atoms with van der Waals surface area (Å²) in [6.07, 6.45) is 3.87. The van der Waals surface area contributed by atoms with E-state index in [0.717, 1.165) is 24.4 Å². The molecule has 0 atom stereocenters. The van der Waals surface area contributed by atoms with E-state index in [4.69, 9.17) is 4.52 Å². The first-order valence-corrected chi connectivity index (χ1v) is 8.95. The Labute approximate surface area is 147 Å². The summed E-state index contributed by atoms with van der Waals surface area (Å²) >= 11 is 1.76. The van der Waals surface area contributed by atoms with E-state index >= 15 is 0 Å². The van der Waals surface area contributed by atoms with Crippen molar-refractivity contribution in [2.75, 3.05) is 13.6 Å². The summed E-state index contributed by atoms with van der Waals surface area (Å²) in [5.41, 5.74) is -0.143. The molecule has 0 saturated heterocycles.